The molecule has 0 aromatic carbocycles. The average molecular weight is 473 g/mol. The number of carbonyl (C=O) groups excluding carboxylic acids is 1. The van der Waals surface area contributed by atoms with E-state index in [1.165, 1.54) is 0 Å². The molecule has 11 nitrogen and oxygen atoms in total. The molecule has 0 heterocycles. The Balaban J connectivity index is -0.000000450. The Hall–Kier alpha value is -1.05. The van der Waals surface area contributed by atoms with Crippen LogP contribution in [0, 0.1) is 0 Å². The van der Waals surface area contributed by atoms with Gasteiger partial charge in [-0.25, -0.2) is 0 Å². The number of likely N-dealkylation sites (N-methyl/N-ethyl adjacent to an activating group) is 2. The number of quaternary nitrogens is 2. The lowest BCUT2D eigenvalue weighted by Gasteiger charge is -2.33. The lowest BCUT2D eigenvalue weighted by atomic mass is 10.3. The Kier molecular flexibility index (Phi) is 27.3. The van der Waals surface area contributed by atoms with Crippen molar-refractivity contribution in [3.8, 4) is 0 Å². The van der Waals surface area contributed by atoms with E-state index in [1.807, 2.05) is 0 Å². The number of rotatable bonds is 18. The van der Waals surface area contributed by atoms with Gasteiger partial charge in [-0.3, -0.25) is 0 Å². The van der Waals surface area contributed by atoms with Crippen LogP contribution in [0.25, 0.3) is 0 Å². The second-order valence-electron chi connectivity index (χ2n) is 7.79. The number of nitrogens with zero attached hydrogens (tertiary/aromatic N) is 2. The molecule has 196 valence electrons. The summed E-state index contributed by atoms with van der Waals surface area (Å²) in [6.45, 7) is 10.7. The maximum Gasteiger partial charge on any atom is 0.102 e. The third kappa shape index (κ3) is 27.0. The van der Waals surface area contributed by atoms with Crippen molar-refractivity contribution < 1.29 is 52.4 Å². The van der Waals surface area contributed by atoms with E-state index in [1.54, 1.807) is 42.7 Å². The summed E-state index contributed by atoms with van der Waals surface area (Å²) >= 11 is 0. The van der Waals surface area contributed by atoms with Crippen LogP contribution in [-0.2, 0) is 28.4 Å². The van der Waals surface area contributed by atoms with Gasteiger partial charge in [-0.1, -0.05) is 0 Å². The Morgan fingerprint density at radius 3 is 0.719 bits per heavy atom. The van der Waals surface area contributed by atoms with Gasteiger partial charge in [0.15, 0.2) is 0 Å². The first-order valence-corrected chi connectivity index (χ1v) is 10.6. The van der Waals surface area contributed by atoms with Crippen molar-refractivity contribution >= 4 is 6.16 Å². The summed E-state index contributed by atoms with van der Waals surface area (Å²) in [5, 5.41) is 16.7. The Labute approximate surface area is 194 Å². The molecular weight excluding hydrogens is 424 g/mol. The third-order valence-electron chi connectivity index (χ3n) is 5.01. The quantitative estimate of drug-likeness (QED) is 0.215. The second-order valence-corrected chi connectivity index (χ2v) is 7.79. The first-order valence-electron chi connectivity index (χ1n) is 10.6. The molecule has 0 aromatic heterocycles. The van der Waals surface area contributed by atoms with Crippen LogP contribution in [0.5, 0.6) is 0 Å². The lowest BCUT2D eigenvalue weighted by Crippen LogP contribution is -2.50. The van der Waals surface area contributed by atoms with Crippen molar-refractivity contribution in [1.29, 1.82) is 0 Å². The zero-order chi connectivity index (χ0) is 25.3. The summed E-state index contributed by atoms with van der Waals surface area (Å²) in [6.07, 6.45) is -2.33. The number of carbonyl (C=O) groups is 1. The van der Waals surface area contributed by atoms with Gasteiger partial charge in [0.05, 0.1) is 53.7 Å². The van der Waals surface area contributed by atoms with E-state index in [-0.39, 0.29) is 0 Å². The monoisotopic (exact) mass is 472 g/mol. The van der Waals surface area contributed by atoms with Crippen LogP contribution in [0.2, 0.25) is 0 Å². The van der Waals surface area contributed by atoms with Crippen LogP contribution in [0.15, 0.2) is 0 Å². The number of methoxy groups -OCH3 is 6. The van der Waals surface area contributed by atoms with Crippen LogP contribution in [0.4, 0.5) is 4.79 Å². The van der Waals surface area contributed by atoms with Gasteiger partial charge in [-0.05, 0) is 6.16 Å². The topological polar surface area (TPSA) is 119 Å². The first-order chi connectivity index (χ1) is 15.1. The molecular formula is C21H48N2O9. The summed E-state index contributed by atoms with van der Waals surface area (Å²) in [5.41, 5.74) is 0. The molecule has 0 unspecified atom stereocenters. The van der Waals surface area contributed by atoms with Gasteiger partial charge >= 0.3 is 0 Å². The molecule has 0 aliphatic carbocycles. The van der Waals surface area contributed by atoms with Gasteiger partial charge in [-0.2, -0.15) is 0 Å². The number of ether oxygens (including phenoxy) is 6. The summed E-state index contributed by atoms with van der Waals surface area (Å²) < 4.78 is 32.5. The van der Waals surface area contributed by atoms with Gasteiger partial charge in [0.1, 0.15) is 39.3 Å². The Morgan fingerprint density at radius 2 is 0.625 bits per heavy atom. The average Bonchev–Trinajstić information content (AvgIpc) is 2.76. The smallest absolute Gasteiger partial charge is 0.102 e. The minimum Gasteiger partial charge on any atom is -0.652 e. The van der Waals surface area contributed by atoms with Crippen LogP contribution in [0.3, 0.4) is 0 Å². The molecule has 0 spiro atoms. The highest BCUT2D eigenvalue weighted by Gasteiger charge is 2.21. The predicted octanol–water partition coefficient (Wildman–Crippen LogP) is -1.70. The van der Waals surface area contributed by atoms with Crippen LogP contribution in [-0.4, -0.2) is 151 Å². The van der Waals surface area contributed by atoms with E-state index in [2.05, 4.69) is 14.1 Å². The Morgan fingerprint density at radius 1 is 0.500 bits per heavy atom. The Bertz CT molecular complexity index is 324. The lowest BCUT2D eigenvalue weighted by molar-refractivity contribution is -0.910. The molecule has 0 bridgehead atoms. The van der Waals surface area contributed by atoms with Gasteiger partial charge in [0.25, 0.3) is 0 Å². The molecule has 0 aliphatic heterocycles. The fraction of sp³-hybridized carbons (Fsp3) is 0.952. The van der Waals surface area contributed by atoms with Gasteiger partial charge in [0.2, 0.25) is 0 Å². The van der Waals surface area contributed by atoms with Crippen molar-refractivity contribution in [2.75, 3.05) is 136 Å². The van der Waals surface area contributed by atoms with Gasteiger partial charge in [-0.15, -0.1) is 0 Å². The normalized spacial score (nSPS) is 11.2. The fourth-order valence-electron chi connectivity index (χ4n) is 2.54. The summed E-state index contributed by atoms with van der Waals surface area (Å²) in [4.78, 5) is 8.33. The van der Waals surface area contributed by atoms with Crippen LogP contribution >= 0.6 is 0 Å². The maximum absolute atomic E-state index is 8.33. The zero-order valence-corrected chi connectivity index (χ0v) is 21.6. The van der Waals surface area contributed by atoms with E-state index < -0.39 is 6.16 Å². The minimum absolute atomic E-state index is 0.782. The van der Waals surface area contributed by atoms with Gasteiger partial charge in [0, 0.05) is 42.7 Å². The summed E-state index contributed by atoms with van der Waals surface area (Å²) in [6, 6.07) is 0. The fourth-order valence-corrected chi connectivity index (χ4v) is 2.54. The van der Waals surface area contributed by atoms with Crippen LogP contribution < -0.4 is 10.2 Å². The summed E-state index contributed by atoms with van der Waals surface area (Å²) in [5.74, 6) is 0. The first kappa shape index (κ1) is 35.5. The van der Waals surface area contributed by atoms with Gasteiger partial charge < -0.3 is 52.4 Å². The molecule has 11 heteroatoms. The van der Waals surface area contributed by atoms with Crippen molar-refractivity contribution in [3.05, 3.63) is 0 Å². The highest BCUT2D eigenvalue weighted by Crippen LogP contribution is 2.02. The second kappa shape index (κ2) is 24.6. The van der Waals surface area contributed by atoms with Crippen LogP contribution in [0.1, 0.15) is 0 Å². The third-order valence-corrected chi connectivity index (χ3v) is 5.01. The highest BCUT2D eigenvalue weighted by molar-refractivity contribution is 5.47. The SMILES string of the molecule is COCC[N+](C)(CCOC)CCOC.COCC[N+](C)(CCOC)CCOC.O=C([O-])[O-]. The number of carboxylic acid groups (broad SMARTS) is 2. The number of hydrogen-bond acceptors (Lipinski definition) is 9. The van der Waals surface area contributed by atoms with Crippen molar-refractivity contribution in [1.82, 2.24) is 0 Å². The van der Waals surface area contributed by atoms with E-state index in [9.17, 15) is 0 Å². The molecule has 0 saturated carbocycles. The van der Waals surface area contributed by atoms with Crippen molar-refractivity contribution in [2.24, 2.45) is 0 Å². The molecule has 0 aromatic rings. The zero-order valence-electron chi connectivity index (χ0n) is 21.6. The molecule has 0 radical (unpaired) electrons. The van der Waals surface area contributed by atoms with Crippen molar-refractivity contribution in [2.45, 2.75) is 0 Å². The molecule has 0 saturated heterocycles. The molecule has 32 heavy (non-hydrogen) atoms. The largest absolute Gasteiger partial charge is 0.652 e. The minimum atomic E-state index is -2.33. The molecule has 0 atom stereocenters. The maximum atomic E-state index is 8.33. The number of hydrogen-bond donors (Lipinski definition) is 0. The van der Waals surface area contributed by atoms with E-state index >= 15 is 0 Å². The standard InChI is InChI=1S/2C10H24NO3.CH2O3/c2*1-11(5-8-12-2,6-9-13-3)7-10-14-4;2-1(3)4/h2*5-10H2,1-4H3;(H2,2,3,4)/q2*+1;/p-2. The molecule has 0 fully saturated rings. The molecule has 0 rings (SSSR count). The summed E-state index contributed by atoms with van der Waals surface area (Å²) in [7, 11) is 14.8. The molecule has 0 N–H and O–H groups in total. The van der Waals surface area contributed by atoms with E-state index in [4.69, 9.17) is 43.4 Å². The highest BCUT2D eigenvalue weighted by atomic mass is 16.6. The molecule has 0 amide bonds. The van der Waals surface area contributed by atoms with Crippen molar-refractivity contribution in [3.63, 3.8) is 0 Å². The van der Waals surface area contributed by atoms with E-state index in [0.717, 1.165) is 87.9 Å². The predicted molar refractivity (Wildman–Crippen MR) is 118 cm³/mol. The molecule has 0 aliphatic rings. The van der Waals surface area contributed by atoms with E-state index in [0.29, 0.717) is 0 Å².